The van der Waals surface area contributed by atoms with Crippen molar-refractivity contribution in [3.8, 4) is 0 Å². The van der Waals surface area contributed by atoms with E-state index in [4.69, 9.17) is 0 Å². The molecule has 1 aromatic heterocycles. The second-order valence-electron chi connectivity index (χ2n) is 5.81. The maximum atomic E-state index is 13.3. The molecular formula is C18H12F6N2O. The summed E-state index contributed by atoms with van der Waals surface area (Å²) in [5.74, 6) is 0. The number of nitrogens with zero attached hydrogens (tertiary/aromatic N) is 1. The van der Waals surface area contributed by atoms with Crippen molar-refractivity contribution >= 4 is 22.3 Å². The summed E-state index contributed by atoms with van der Waals surface area (Å²) >= 11 is 0. The first-order valence-corrected chi connectivity index (χ1v) is 7.68. The van der Waals surface area contributed by atoms with E-state index in [1.54, 1.807) is 6.07 Å². The molecule has 2 aromatic carbocycles. The summed E-state index contributed by atoms with van der Waals surface area (Å²) in [6, 6.07) is 11.3. The van der Waals surface area contributed by atoms with Gasteiger partial charge >= 0.3 is 12.4 Å². The van der Waals surface area contributed by atoms with Crippen LogP contribution in [0.15, 0.2) is 59.4 Å². The number of H-pyrrole nitrogens is 1. The molecule has 0 aliphatic rings. The Hall–Kier alpha value is -2.97. The van der Waals surface area contributed by atoms with Gasteiger partial charge in [-0.2, -0.15) is 26.3 Å². The smallest absolute Gasteiger partial charge is 0.332 e. The van der Waals surface area contributed by atoms with Crippen LogP contribution in [-0.4, -0.2) is 17.7 Å². The molecule has 0 amide bonds. The van der Waals surface area contributed by atoms with Gasteiger partial charge in [0.1, 0.15) is 6.54 Å². The van der Waals surface area contributed by atoms with Gasteiger partial charge in [-0.25, -0.2) is 0 Å². The predicted octanol–water partition coefficient (Wildman–Crippen LogP) is 5.25. The zero-order valence-corrected chi connectivity index (χ0v) is 13.5. The Morgan fingerprint density at radius 1 is 0.852 bits per heavy atom. The number of hydrogen-bond donors (Lipinski definition) is 1. The van der Waals surface area contributed by atoms with E-state index >= 15 is 0 Å². The first-order valence-electron chi connectivity index (χ1n) is 7.68. The van der Waals surface area contributed by atoms with Crippen LogP contribution < -0.4 is 10.5 Å². The maximum absolute atomic E-state index is 13.3. The van der Waals surface area contributed by atoms with Crippen molar-refractivity contribution in [3.63, 3.8) is 0 Å². The third-order valence-corrected chi connectivity index (χ3v) is 3.85. The van der Waals surface area contributed by atoms with Gasteiger partial charge in [-0.1, -0.05) is 18.2 Å². The molecule has 0 atom stereocenters. The fourth-order valence-electron chi connectivity index (χ4n) is 2.76. The van der Waals surface area contributed by atoms with E-state index in [-0.39, 0.29) is 22.3 Å². The van der Waals surface area contributed by atoms with Crippen LogP contribution in [0.4, 0.5) is 37.7 Å². The van der Waals surface area contributed by atoms with Gasteiger partial charge in [0, 0.05) is 28.3 Å². The molecular weight excluding hydrogens is 374 g/mol. The topological polar surface area (TPSA) is 36.1 Å². The molecule has 0 aliphatic carbocycles. The number of aromatic nitrogens is 1. The van der Waals surface area contributed by atoms with Crippen molar-refractivity contribution < 1.29 is 26.3 Å². The average Bonchev–Trinajstić information content (AvgIpc) is 2.58. The Morgan fingerprint density at radius 2 is 1.52 bits per heavy atom. The fraction of sp³-hybridized carbons (Fsp3) is 0.167. The van der Waals surface area contributed by atoms with Gasteiger partial charge in [-0.3, -0.25) is 4.79 Å². The molecule has 9 heteroatoms. The number of benzene rings is 2. The largest absolute Gasteiger partial charge is 0.417 e. The first kappa shape index (κ1) is 18.8. The Morgan fingerprint density at radius 3 is 2.11 bits per heavy atom. The number of aromatic amines is 1. The molecule has 0 unspecified atom stereocenters. The van der Waals surface area contributed by atoms with E-state index < -0.39 is 30.0 Å². The van der Waals surface area contributed by atoms with Gasteiger partial charge in [0.25, 0.3) is 0 Å². The first-order chi connectivity index (χ1) is 12.5. The molecule has 3 rings (SSSR count). The van der Waals surface area contributed by atoms with Crippen molar-refractivity contribution in [2.24, 2.45) is 0 Å². The highest BCUT2D eigenvalue weighted by molar-refractivity contribution is 5.87. The second-order valence-corrected chi connectivity index (χ2v) is 5.81. The van der Waals surface area contributed by atoms with Crippen molar-refractivity contribution in [1.82, 2.24) is 4.98 Å². The van der Waals surface area contributed by atoms with Gasteiger partial charge in [-0.15, -0.1) is 0 Å². The third kappa shape index (κ3) is 4.24. The Balaban J connectivity index is 2.21. The summed E-state index contributed by atoms with van der Waals surface area (Å²) < 4.78 is 79.0. The molecule has 0 aliphatic heterocycles. The summed E-state index contributed by atoms with van der Waals surface area (Å²) in [5, 5.41) is -0.386. The Bertz CT molecular complexity index is 1010. The number of fused-ring (bicyclic) bond motifs is 1. The molecule has 3 nitrogen and oxygen atoms in total. The number of rotatable bonds is 3. The minimum absolute atomic E-state index is 0.0800. The predicted molar refractivity (Wildman–Crippen MR) is 89.1 cm³/mol. The molecule has 0 saturated carbocycles. The third-order valence-electron chi connectivity index (χ3n) is 3.85. The van der Waals surface area contributed by atoms with E-state index in [0.29, 0.717) is 6.07 Å². The number of anilines is 2. The van der Waals surface area contributed by atoms with Crippen LogP contribution in [0.1, 0.15) is 5.56 Å². The standard InChI is InChI=1S/C18H12F6N2O/c19-17(20,21)10-26(11-4-2-1-3-5-11)12-6-7-15-13(8-12)14(18(22,23)24)9-16(27)25-15/h1-9H,10H2,(H,25,27). The van der Waals surface area contributed by atoms with E-state index in [1.165, 1.54) is 30.3 Å². The molecule has 142 valence electrons. The van der Waals surface area contributed by atoms with Crippen molar-refractivity contribution in [1.29, 1.82) is 0 Å². The monoisotopic (exact) mass is 386 g/mol. The molecule has 0 bridgehead atoms. The summed E-state index contributed by atoms with van der Waals surface area (Å²) in [6.45, 7) is -1.38. The number of para-hydroxylation sites is 1. The van der Waals surface area contributed by atoms with Crippen LogP contribution in [0, 0.1) is 0 Å². The van der Waals surface area contributed by atoms with E-state index in [1.807, 2.05) is 0 Å². The maximum Gasteiger partial charge on any atom is 0.417 e. The van der Waals surface area contributed by atoms with Gasteiger partial charge in [0.15, 0.2) is 0 Å². The lowest BCUT2D eigenvalue weighted by molar-refractivity contribution is -0.136. The van der Waals surface area contributed by atoms with Gasteiger partial charge in [-0.05, 0) is 30.3 Å². The minimum atomic E-state index is -4.83. The van der Waals surface area contributed by atoms with Gasteiger partial charge < -0.3 is 9.88 Å². The van der Waals surface area contributed by atoms with E-state index in [9.17, 15) is 31.1 Å². The Kier molecular flexibility index (Phi) is 4.63. The zero-order valence-electron chi connectivity index (χ0n) is 13.5. The zero-order chi connectivity index (χ0) is 19.8. The molecule has 1 N–H and O–H groups in total. The summed E-state index contributed by atoms with van der Waals surface area (Å²) in [6.07, 6.45) is -9.41. The molecule has 3 aromatic rings. The lowest BCUT2D eigenvalue weighted by Crippen LogP contribution is -2.30. The molecule has 0 radical (unpaired) electrons. The SMILES string of the molecule is O=c1cc(C(F)(F)F)c2cc(N(CC(F)(F)F)c3ccccc3)ccc2[nH]1. The summed E-state index contributed by atoms with van der Waals surface area (Å²) in [5.41, 5.74) is -2.17. The number of nitrogens with one attached hydrogen (secondary N) is 1. The van der Waals surface area contributed by atoms with Crippen LogP contribution in [0.5, 0.6) is 0 Å². The highest BCUT2D eigenvalue weighted by Crippen LogP contribution is 2.37. The fourth-order valence-corrected chi connectivity index (χ4v) is 2.76. The van der Waals surface area contributed by atoms with Crippen LogP contribution in [0.25, 0.3) is 10.9 Å². The summed E-state index contributed by atoms with van der Waals surface area (Å²) in [7, 11) is 0. The van der Waals surface area contributed by atoms with Crippen molar-refractivity contribution in [2.75, 3.05) is 11.4 Å². The van der Waals surface area contributed by atoms with Crippen LogP contribution in [0.2, 0.25) is 0 Å². The van der Waals surface area contributed by atoms with Crippen LogP contribution >= 0.6 is 0 Å². The average molecular weight is 386 g/mol. The lowest BCUT2D eigenvalue weighted by Gasteiger charge is -2.26. The molecule has 0 saturated heterocycles. The molecule has 0 fully saturated rings. The number of pyridine rings is 1. The van der Waals surface area contributed by atoms with Gasteiger partial charge in [0.2, 0.25) is 5.56 Å². The quantitative estimate of drug-likeness (QED) is 0.625. The normalized spacial score (nSPS) is 12.4. The molecule has 1 heterocycles. The van der Waals surface area contributed by atoms with Crippen molar-refractivity contribution in [3.05, 3.63) is 70.5 Å². The van der Waals surface area contributed by atoms with Crippen LogP contribution in [0.3, 0.4) is 0 Å². The lowest BCUT2D eigenvalue weighted by atomic mass is 10.1. The van der Waals surface area contributed by atoms with E-state index in [2.05, 4.69) is 4.98 Å². The summed E-state index contributed by atoms with van der Waals surface area (Å²) in [4.78, 5) is 14.6. The second kappa shape index (κ2) is 6.64. The number of halogens is 6. The Labute approximate surface area is 148 Å². The number of alkyl halides is 6. The van der Waals surface area contributed by atoms with Gasteiger partial charge in [0.05, 0.1) is 5.56 Å². The van der Waals surface area contributed by atoms with E-state index in [0.717, 1.165) is 17.0 Å². The molecule has 27 heavy (non-hydrogen) atoms. The number of hydrogen-bond acceptors (Lipinski definition) is 2. The molecule has 0 spiro atoms. The van der Waals surface area contributed by atoms with Crippen LogP contribution in [-0.2, 0) is 6.18 Å². The highest BCUT2D eigenvalue weighted by Gasteiger charge is 2.35. The highest BCUT2D eigenvalue weighted by atomic mass is 19.4. The minimum Gasteiger partial charge on any atom is -0.332 e. The van der Waals surface area contributed by atoms with Crippen molar-refractivity contribution in [2.45, 2.75) is 12.4 Å².